The maximum absolute atomic E-state index is 13.2. The Hall–Kier alpha value is -4.59. The van der Waals surface area contributed by atoms with Crippen molar-refractivity contribution < 1.29 is 18.4 Å². The van der Waals surface area contributed by atoms with E-state index in [0.29, 0.717) is 47.4 Å². The molecule has 0 aliphatic carbocycles. The number of carbonyl (C=O) groups is 2. The molecule has 33 heavy (non-hydrogen) atoms. The van der Waals surface area contributed by atoms with E-state index in [2.05, 4.69) is 20.4 Å². The fraction of sp³-hybridized carbons (Fsp3) is 0.182. The molecule has 3 heterocycles. The Kier molecular flexibility index (Phi) is 6.08. The van der Waals surface area contributed by atoms with Gasteiger partial charge in [0.25, 0.3) is 11.8 Å². The quantitative estimate of drug-likeness (QED) is 0.262. The molecule has 0 atom stereocenters. The number of amides is 2. The summed E-state index contributed by atoms with van der Waals surface area (Å²) in [6.07, 6.45) is 8.45. The second kappa shape index (κ2) is 9.27. The van der Waals surface area contributed by atoms with Gasteiger partial charge in [0.1, 0.15) is 12.1 Å². The van der Waals surface area contributed by atoms with Crippen molar-refractivity contribution in [2.45, 2.75) is 12.8 Å². The molecule has 0 saturated heterocycles. The number of fused-ring (bicyclic) bond motifs is 1. The lowest BCUT2D eigenvalue weighted by atomic mass is 10.1. The zero-order chi connectivity index (χ0) is 23.4. The van der Waals surface area contributed by atoms with Crippen LogP contribution in [0.4, 0.5) is 4.39 Å². The van der Waals surface area contributed by atoms with Crippen LogP contribution in [-0.2, 0) is 6.42 Å². The van der Waals surface area contributed by atoms with Crippen LogP contribution >= 0.6 is 0 Å². The van der Waals surface area contributed by atoms with Crippen LogP contribution in [-0.4, -0.2) is 50.1 Å². The summed E-state index contributed by atoms with van der Waals surface area (Å²) in [5.74, 6) is -0.882. The Morgan fingerprint density at radius 3 is 2.79 bits per heavy atom. The van der Waals surface area contributed by atoms with E-state index >= 15 is 0 Å². The van der Waals surface area contributed by atoms with E-state index in [9.17, 15) is 14.0 Å². The van der Waals surface area contributed by atoms with E-state index in [4.69, 9.17) is 9.68 Å². The minimum absolute atomic E-state index is 0.0500. The number of benzene rings is 1. The maximum atomic E-state index is 13.2. The monoisotopic (exact) mass is 447 g/mol. The SMILES string of the molecule is CN(C#N)C(=O)c1coc(CCCNC(=O)c2cncc3c2cnn3-c2ccc(F)cc2)n1. The molecule has 10 nitrogen and oxygen atoms in total. The van der Waals surface area contributed by atoms with Crippen molar-refractivity contribution in [1.29, 1.82) is 5.26 Å². The standard InChI is InChI=1S/C22H18FN7O3/c1-29(13-24)22(32)18-12-33-20(28-18)3-2-8-26-21(31)17-9-25-11-19-16(17)10-27-30(19)15-6-4-14(23)5-7-15/h4-7,9-12H,2-3,8H2,1H3,(H,26,31). The van der Waals surface area contributed by atoms with Crippen molar-refractivity contribution in [3.8, 4) is 11.9 Å². The first kappa shape index (κ1) is 21.6. The zero-order valence-corrected chi connectivity index (χ0v) is 17.5. The van der Waals surface area contributed by atoms with Crippen LogP contribution in [0, 0.1) is 17.3 Å². The number of rotatable bonds is 7. The Morgan fingerprint density at radius 2 is 2.03 bits per heavy atom. The van der Waals surface area contributed by atoms with E-state index < -0.39 is 5.91 Å². The topological polar surface area (TPSA) is 130 Å². The van der Waals surface area contributed by atoms with E-state index in [1.807, 2.05) is 0 Å². The van der Waals surface area contributed by atoms with Gasteiger partial charge in [0, 0.05) is 31.6 Å². The lowest BCUT2D eigenvalue weighted by Crippen LogP contribution is -2.25. The lowest BCUT2D eigenvalue weighted by Gasteiger charge is -2.06. The molecular weight excluding hydrogens is 429 g/mol. The summed E-state index contributed by atoms with van der Waals surface area (Å²) >= 11 is 0. The zero-order valence-electron chi connectivity index (χ0n) is 17.5. The molecule has 166 valence electrons. The number of nitriles is 1. The third-order valence-electron chi connectivity index (χ3n) is 4.89. The molecule has 0 fully saturated rings. The van der Waals surface area contributed by atoms with Gasteiger partial charge in [-0.15, -0.1) is 0 Å². The van der Waals surface area contributed by atoms with Gasteiger partial charge in [0.2, 0.25) is 0 Å². The summed E-state index contributed by atoms with van der Waals surface area (Å²) in [6.45, 7) is 0.338. The van der Waals surface area contributed by atoms with Crippen LogP contribution in [0.2, 0.25) is 0 Å². The number of pyridine rings is 1. The number of oxazole rings is 1. The van der Waals surface area contributed by atoms with E-state index in [1.165, 1.54) is 31.6 Å². The van der Waals surface area contributed by atoms with Crippen molar-refractivity contribution in [3.05, 3.63) is 72.1 Å². The minimum Gasteiger partial charge on any atom is -0.448 e. The van der Waals surface area contributed by atoms with Crippen molar-refractivity contribution in [2.75, 3.05) is 13.6 Å². The van der Waals surface area contributed by atoms with Crippen LogP contribution in [0.15, 0.2) is 53.5 Å². The van der Waals surface area contributed by atoms with Crippen LogP contribution in [0.5, 0.6) is 0 Å². The van der Waals surface area contributed by atoms with Gasteiger partial charge in [0.05, 0.1) is 29.2 Å². The number of aromatic nitrogens is 4. The highest BCUT2D eigenvalue weighted by Crippen LogP contribution is 2.21. The van der Waals surface area contributed by atoms with Gasteiger partial charge in [-0.1, -0.05) is 0 Å². The molecule has 4 rings (SSSR count). The number of nitrogens with one attached hydrogen (secondary N) is 1. The molecule has 1 aromatic carbocycles. The smallest absolute Gasteiger partial charge is 0.288 e. The summed E-state index contributed by atoms with van der Waals surface area (Å²) < 4.78 is 20.1. The average molecular weight is 447 g/mol. The summed E-state index contributed by atoms with van der Waals surface area (Å²) in [4.78, 5) is 33.6. The predicted molar refractivity (Wildman–Crippen MR) is 114 cm³/mol. The van der Waals surface area contributed by atoms with Crippen molar-refractivity contribution in [3.63, 3.8) is 0 Å². The number of carbonyl (C=O) groups excluding carboxylic acids is 2. The molecular formula is C22H18FN7O3. The highest BCUT2D eigenvalue weighted by Gasteiger charge is 2.17. The Bertz CT molecular complexity index is 1350. The van der Waals surface area contributed by atoms with Crippen LogP contribution in [0.25, 0.3) is 16.6 Å². The summed E-state index contributed by atoms with van der Waals surface area (Å²) in [5, 5.41) is 16.5. The third kappa shape index (κ3) is 4.54. The fourth-order valence-electron chi connectivity index (χ4n) is 3.19. The Balaban J connectivity index is 1.38. The van der Waals surface area contributed by atoms with Gasteiger partial charge in [-0.25, -0.2) is 19.0 Å². The molecule has 2 amide bonds. The van der Waals surface area contributed by atoms with Crippen molar-refractivity contribution in [2.24, 2.45) is 0 Å². The number of nitrogens with zero attached hydrogens (tertiary/aromatic N) is 6. The van der Waals surface area contributed by atoms with E-state index in [1.54, 1.807) is 35.4 Å². The second-order valence-corrected chi connectivity index (χ2v) is 7.10. The van der Waals surface area contributed by atoms with Crippen molar-refractivity contribution in [1.82, 2.24) is 30.0 Å². The molecule has 0 radical (unpaired) electrons. The molecule has 0 saturated carbocycles. The largest absolute Gasteiger partial charge is 0.448 e. The van der Waals surface area contributed by atoms with Crippen LogP contribution in [0.1, 0.15) is 33.2 Å². The van der Waals surface area contributed by atoms with Gasteiger partial charge in [-0.05, 0) is 30.7 Å². The molecule has 0 bridgehead atoms. The summed E-state index contributed by atoms with van der Waals surface area (Å²) in [7, 11) is 1.34. The molecule has 0 spiro atoms. The first-order valence-corrected chi connectivity index (χ1v) is 9.96. The second-order valence-electron chi connectivity index (χ2n) is 7.10. The van der Waals surface area contributed by atoms with Crippen LogP contribution < -0.4 is 5.32 Å². The first-order valence-electron chi connectivity index (χ1n) is 9.96. The highest BCUT2D eigenvalue weighted by atomic mass is 19.1. The Morgan fingerprint density at radius 1 is 1.24 bits per heavy atom. The molecule has 0 aliphatic heterocycles. The molecule has 3 aromatic heterocycles. The number of hydrogen-bond acceptors (Lipinski definition) is 7. The third-order valence-corrected chi connectivity index (χ3v) is 4.89. The van der Waals surface area contributed by atoms with Gasteiger partial charge < -0.3 is 9.73 Å². The number of aryl methyl sites for hydroxylation is 1. The summed E-state index contributed by atoms with van der Waals surface area (Å²) in [5.41, 5.74) is 1.68. The Labute approximate surface area is 187 Å². The molecule has 1 N–H and O–H groups in total. The van der Waals surface area contributed by atoms with Gasteiger partial charge in [-0.2, -0.15) is 10.4 Å². The van der Waals surface area contributed by atoms with E-state index in [-0.39, 0.29) is 17.4 Å². The van der Waals surface area contributed by atoms with Crippen molar-refractivity contribution >= 4 is 22.7 Å². The predicted octanol–water partition coefficient (Wildman–Crippen LogP) is 2.46. The number of halogens is 1. The van der Waals surface area contributed by atoms with Gasteiger partial charge in [-0.3, -0.25) is 14.6 Å². The minimum atomic E-state index is -0.553. The normalized spacial score (nSPS) is 10.7. The average Bonchev–Trinajstić information content (AvgIpc) is 3.48. The fourth-order valence-corrected chi connectivity index (χ4v) is 3.19. The van der Waals surface area contributed by atoms with Gasteiger partial charge >= 0.3 is 0 Å². The lowest BCUT2D eigenvalue weighted by molar-refractivity contribution is 0.0852. The maximum Gasteiger partial charge on any atom is 0.288 e. The van der Waals surface area contributed by atoms with E-state index in [0.717, 1.165) is 4.90 Å². The summed E-state index contributed by atoms with van der Waals surface area (Å²) in [6, 6.07) is 5.85. The first-order chi connectivity index (χ1) is 16.0. The molecule has 0 aliphatic rings. The highest BCUT2D eigenvalue weighted by molar-refractivity contribution is 6.05. The molecule has 0 unspecified atom stereocenters. The molecule has 11 heteroatoms. The van der Waals surface area contributed by atoms with Crippen LogP contribution in [0.3, 0.4) is 0 Å². The molecule has 4 aromatic rings. The van der Waals surface area contributed by atoms with Gasteiger partial charge in [0.15, 0.2) is 17.8 Å². The number of hydrogen-bond donors (Lipinski definition) is 1.